The van der Waals surface area contributed by atoms with E-state index in [9.17, 15) is 9.90 Å². The van der Waals surface area contributed by atoms with Crippen molar-refractivity contribution in [3.05, 3.63) is 35.9 Å². The number of carbonyl (C=O) groups excluding carboxylic acids is 1. The van der Waals surface area contributed by atoms with Crippen molar-refractivity contribution in [2.24, 2.45) is 5.73 Å². The molecule has 118 valence electrons. The first-order valence-corrected chi connectivity index (χ1v) is 7.24. The first kappa shape index (κ1) is 17.5. The summed E-state index contributed by atoms with van der Waals surface area (Å²) in [5.74, 6) is 0. The highest BCUT2D eigenvalue weighted by atomic mass is 16.6. The van der Waals surface area contributed by atoms with Crippen LogP contribution in [-0.2, 0) is 4.74 Å². The van der Waals surface area contributed by atoms with Gasteiger partial charge in [-0.2, -0.15) is 0 Å². The Morgan fingerprint density at radius 2 is 1.95 bits per heavy atom. The third-order valence-corrected chi connectivity index (χ3v) is 2.96. The lowest BCUT2D eigenvalue weighted by atomic mass is 10.1. The molecule has 1 atom stereocenters. The normalized spacial score (nSPS) is 12.8. The molecule has 0 aliphatic rings. The first-order valence-electron chi connectivity index (χ1n) is 7.24. The van der Waals surface area contributed by atoms with Crippen molar-refractivity contribution in [3.63, 3.8) is 0 Å². The molecule has 21 heavy (non-hydrogen) atoms. The Hall–Kier alpha value is -1.59. The fourth-order valence-electron chi connectivity index (χ4n) is 1.90. The third kappa shape index (κ3) is 6.60. The van der Waals surface area contributed by atoms with E-state index in [-0.39, 0.29) is 6.67 Å². The smallest absolute Gasteiger partial charge is 0.411 e. The zero-order chi connectivity index (χ0) is 15.9. The van der Waals surface area contributed by atoms with Crippen molar-refractivity contribution in [1.82, 2.24) is 4.90 Å². The fourth-order valence-corrected chi connectivity index (χ4v) is 1.90. The van der Waals surface area contributed by atoms with Gasteiger partial charge in [-0.05, 0) is 39.2 Å². The molecular weight excluding hydrogens is 268 g/mol. The summed E-state index contributed by atoms with van der Waals surface area (Å²) >= 11 is 0. The van der Waals surface area contributed by atoms with E-state index in [2.05, 4.69) is 0 Å². The predicted molar refractivity (Wildman–Crippen MR) is 82.6 cm³/mol. The summed E-state index contributed by atoms with van der Waals surface area (Å²) in [5.41, 5.74) is 5.93. The predicted octanol–water partition coefficient (Wildman–Crippen LogP) is 2.65. The molecular formula is C16H26N2O3. The lowest BCUT2D eigenvalue weighted by Gasteiger charge is -2.26. The lowest BCUT2D eigenvalue weighted by Crippen LogP contribution is -2.40. The molecule has 5 nitrogen and oxygen atoms in total. The second kappa shape index (κ2) is 8.00. The van der Waals surface area contributed by atoms with Gasteiger partial charge >= 0.3 is 6.09 Å². The van der Waals surface area contributed by atoms with E-state index in [1.54, 1.807) is 0 Å². The third-order valence-electron chi connectivity index (χ3n) is 2.96. The molecule has 0 saturated carbocycles. The van der Waals surface area contributed by atoms with E-state index in [0.29, 0.717) is 19.4 Å². The number of nitrogens with two attached hydrogens (primary N) is 1. The van der Waals surface area contributed by atoms with E-state index in [1.807, 2.05) is 51.1 Å². The van der Waals surface area contributed by atoms with E-state index in [4.69, 9.17) is 10.5 Å². The van der Waals surface area contributed by atoms with Crippen LogP contribution in [-0.4, -0.2) is 34.9 Å². The van der Waals surface area contributed by atoms with Crippen LogP contribution >= 0.6 is 0 Å². The number of amides is 1. The Bertz CT molecular complexity index is 429. The molecule has 0 spiro atoms. The molecule has 0 heterocycles. The summed E-state index contributed by atoms with van der Waals surface area (Å²) in [7, 11) is 0. The standard InChI is InChI=1S/C16H26N2O3/c1-16(2,3)21-15(20)18(12-17)11-7-10-14(19)13-8-5-4-6-9-13/h4-6,8-9,14,19H,7,10-12,17H2,1-3H3/t14-/m0/s1. The van der Waals surface area contributed by atoms with Gasteiger partial charge in [-0.25, -0.2) is 4.79 Å². The largest absolute Gasteiger partial charge is 0.444 e. The maximum absolute atomic E-state index is 11.9. The topological polar surface area (TPSA) is 75.8 Å². The molecule has 0 unspecified atom stereocenters. The summed E-state index contributed by atoms with van der Waals surface area (Å²) in [6.45, 7) is 6.03. The van der Waals surface area contributed by atoms with Crippen molar-refractivity contribution in [3.8, 4) is 0 Å². The molecule has 0 fully saturated rings. The molecule has 0 radical (unpaired) electrons. The quantitative estimate of drug-likeness (QED) is 0.791. The molecule has 0 saturated heterocycles. The summed E-state index contributed by atoms with van der Waals surface area (Å²) in [6, 6.07) is 9.48. The van der Waals surface area contributed by atoms with Crippen molar-refractivity contribution in [2.75, 3.05) is 13.2 Å². The highest BCUT2D eigenvalue weighted by molar-refractivity contribution is 5.67. The van der Waals surface area contributed by atoms with Gasteiger partial charge < -0.3 is 15.6 Å². The number of carbonyl (C=O) groups is 1. The minimum atomic E-state index is -0.534. The summed E-state index contributed by atoms with van der Waals surface area (Å²) < 4.78 is 5.28. The van der Waals surface area contributed by atoms with Gasteiger partial charge in [0.2, 0.25) is 0 Å². The molecule has 1 amide bonds. The Labute approximate surface area is 126 Å². The average Bonchev–Trinajstić information content (AvgIpc) is 2.42. The Morgan fingerprint density at radius 3 is 2.48 bits per heavy atom. The summed E-state index contributed by atoms with van der Waals surface area (Å²) in [4.78, 5) is 13.3. The number of aliphatic hydroxyl groups is 1. The Kier molecular flexibility index (Phi) is 6.65. The van der Waals surface area contributed by atoms with E-state index >= 15 is 0 Å². The van der Waals surface area contributed by atoms with Crippen LogP contribution in [0.15, 0.2) is 30.3 Å². The van der Waals surface area contributed by atoms with Crippen LogP contribution in [0.5, 0.6) is 0 Å². The van der Waals surface area contributed by atoms with E-state index < -0.39 is 17.8 Å². The van der Waals surface area contributed by atoms with Crippen LogP contribution in [0.25, 0.3) is 0 Å². The zero-order valence-electron chi connectivity index (χ0n) is 13.1. The Balaban J connectivity index is 2.40. The van der Waals surface area contributed by atoms with Gasteiger partial charge in [-0.3, -0.25) is 4.90 Å². The van der Waals surface area contributed by atoms with Gasteiger partial charge in [0.1, 0.15) is 5.60 Å². The number of ether oxygens (including phenoxy) is 1. The maximum Gasteiger partial charge on any atom is 0.411 e. The fraction of sp³-hybridized carbons (Fsp3) is 0.562. The summed E-state index contributed by atoms with van der Waals surface area (Å²) in [5, 5.41) is 10.1. The average molecular weight is 294 g/mol. The van der Waals surface area contributed by atoms with Crippen LogP contribution in [0.2, 0.25) is 0 Å². The molecule has 0 aliphatic carbocycles. The van der Waals surface area contributed by atoms with Crippen LogP contribution in [0.1, 0.15) is 45.3 Å². The molecule has 5 heteroatoms. The SMILES string of the molecule is CC(C)(C)OC(=O)N(CN)CCC[C@H](O)c1ccccc1. The van der Waals surface area contributed by atoms with E-state index in [0.717, 1.165) is 5.56 Å². The first-order chi connectivity index (χ1) is 9.83. The number of rotatable bonds is 6. The van der Waals surface area contributed by atoms with Gasteiger partial charge in [-0.15, -0.1) is 0 Å². The molecule has 0 aromatic heterocycles. The highest BCUT2D eigenvalue weighted by Crippen LogP contribution is 2.18. The van der Waals surface area contributed by atoms with Crippen molar-refractivity contribution >= 4 is 6.09 Å². The van der Waals surface area contributed by atoms with Crippen LogP contribution < -0.4 is 5.73 Å². The van der Waals surface area contributed by atoms with Crippen LogP contribution in [0.4, 0.5) is 4.79 Å². The Morgan fingerprint density at radius 1 is 1.33 bits per heavy atom. The molecule has 1 rings (SSSR count). The van der Waals surface area contributed by atoms with Crippen molar-refractivity contribution in [1.29, 1.82) is 0 Å². The molecule has 0 aliphatic heterocycles. The maximum atomic E-state index is 11.9. The van der Waals surface area contributed by atoms with Gasteiger partial charge in [-0.1, -0.05) is 30.3 Å². The minimum Gasteiger partial charge on any atom is -0.444 e. The van der Waals surface area contributed by atoms with Gasteiger partial charge in [0.05, 0.1) is 12.8 Å². The van der Waals surface area contributed by atoms with Crippen LogP contribution in [0.3, 0.4) is 0 Å². The second-order valence-corrected chi connectivity index (χ2v) is 6.00. The molecule has 3 N–H and O–H groups in total. The summed E-state index contributed by atoms with van der Waals surface area (Å²) in [6.07, 6.45) is 0.291. The van der Waals surface area contributed by atoms with Crippen molar-refractivity contribution < 1.29 is 14.6 Å². The molecule has 0 bridgehead atoms. The number of hydrogen-bond acceptors (Lipinski definition) is 4. The number of benzene rings is 1. The molecule has 1 aromatic rings. The minimum absolute atomic E-state index is 0.107. The van der Waals surface area contributed by atoms with Gasteiger partial charge in [0.25, 0.3) is 0 Å². The van der Waals surface area contributed by atoms with Crippen molar-refractivity contribution in [2.45, 2.75) is 45.3 Å². The lowest BCUT2D eigenvalue weighted by molar-refractivity contribution is 0.0244. The van der Waals surface area contributed by atoms with E-state index in [1.165, 1.54) is 4.90 Å². The second-order valence-electron chi connectivity index (χ2n) is 6.00. The highest BCUT2D eigenvalue weighted by Gasteiger charge is 2.21. The molecule has 1 aromatic carbocycles. The van der Waals surface area contributed by atoms with Gasteiger partial charge in [0, 0.05) is 6.54 Å². The number of nitrogens with zero attached hydrogens (tertiary/aromatic N) is 1. The van der Waals surface area contributed by atoms with Crippen LogP contribution in [0, 0.1) is 0 Å². The number of aliphatic hydroxyl groups excluding tert-OH is 1. The monoisotopic (exact) mass is 294 g/mol. The zero-order valence-corrected chi connectivity index (χ0v) is 13.1. The number of hydrogen-bond donors (Lipinski definition) is 2. The van der Waals surface area contributed by atoms with Gasteiger partial charge in [0.15, 0.2) is 0 Å².